The number of H-pyrrole nitrogens is 1. The maximum atomic E-state index is 12.9. The summed E-state index contributed by atoms with van der Waals surface area (Å²) in [5.41, 5.74) is 8.26. The highest BCUT2D eigenvalue weighted by Crippen LogP contribution is 2.24. The molecule has 1 unspecified atom stereocenters. The van der Waals surface area contributed by atoms with Gasteiger partial charge < -0.3 is 20.5 Å². The topological polar surface area (TPSA) is 87.4 Å². The van der Waals surface area contributed by atoms with E-state index in [-0.39, 0.29) is 11.6 Å². The van der Waals surface area contributed by atoms with E-state index in [0.29, 0.717) is 23.0 Å². The van der Waals surface area contributed by atoms with Gasteiger partial charge >= 0.3 is 5.69 Å². The molecule has 29 heavy (non-hydrogen) atoms. The van der Waals surface area contributed by atoms with Crippen LogP contribution in [-0.2, 0) is 18.3 Å². The van der Waals surface area contributed by atoms with Crippen LogP contribution in [0.1, 0.15) is 37.7 Å². The number of nitrogens with two attached hydrogens (primary N) is 1. The molecular weight excluding hydrogens is 390 g/mol. The van der Waals surface area contributed by atoms with Crippen molar-refractivity contribution in [3.05, 3.63) is 33.2 Å². The minimum absolute atomic E-state index is 0.00118. The number of benzene rings is 1. The van der Waals surface area contributed by atoms with Gasteiger partial charge in [0, 0.05) is 26.2 Å². The SMILES string of the molecule is Cn1c(=O)[nH]c2c(Cl)cc(CC(N)C(=O)N3CCC(N4CCCCC4)CC3)cc21. The minimum atomic E-state index is -0.606. The number of carbonyl (C=O) groups excluding carboxylic acids is 1. The summed E-state index contributed by atoms with van der Waals surface area (Å²) in [6.45, 7) is 3.95. The van der Waals surface area contributed by atoms with E-state index in [9.17, 15) is 9.59 Å². The molecular formula is C21H30ClN5O2. The molecule has 1 aromatic carbocycles. The number of aryl methyl sites for hydroxylation is 1. The summed E-state index contributed by atoms with van der Waals surface area (Å²) in [5, 5.41) is 0.470. The molecule has 1 amide bonds. The Morgan fingerprint density at radius 3 is 2.59 bits per heavy atom. The molecule has 0 spiro atoms. The first kappa shape index (κ1) is 20.4. The van der Waals surface area contributed by atoms with Crippen molar-refractivity contribution >= 4 is 28.5 Å². The predicted molar refractivity (Wildman–Crippen MR) is 115 cm³/mol. The lowest BCUT2D eigenvalue weighted by Gasteiger charge is -2.40. The molecule has 4 rings (SSSR count). The van der Waals surface area contributed by atoms with Gasteiger partial charge in [-0.2, -0.15) is 0 Å². The molecule has 158 valence electrons. The van der Waals surface area contributed by atoms with Gasteiger partial charge in [-0.25, -0.2) is 4.79 Å². The number of aromatic nitrogens is 2. The van der Waals surface area contributed by atoms with Crippen molar-refractivity contribution in [1.29, 1.82) is 0 Å². The lowest BCUT2D eigenvalue weighted by Crippen LogP contribution is -2.52. The monoisotopic (exact) mass is 419 g/mol. The molecule has 8 heteroatoms. The molecule has 0 bridgehead atoms. The van der Waals surface area contributed by atoms with E-state index in [2.05, 4.69) is 9.88 Å². The summed E-state index contributed by atoms with van der Waals surface area (Å²) in [7, 11) is 1.69. The molecule has 2 aliphatic rings. The van der Waals surface area contributed by atoms with Crippen molar-refractivity contribution in [1.82, 2.24) is 19.4 Å². The van der Waals surface area contributed by atoms with Crippen LogP contribution in [0.25, 0.3) is 11.0 Å². The molecule has 2 saturated heterocycles. The Balaban J connectivity index is 1.38. The molecule has 0 radical (unpaired) electrons. The van der Waals surface area contributed by atoms with Crippen LogP contribution in [0.4, 0.5) is 0 Å². The van der Waals surface area contributed by atoms with E-state index in [0.717, 1.165) is 37.0 Å². The van der Waals surface area contributed by atoms with Crippen LogP contribution >= 0.6 is 11.6 Å². The van der Waals surface area contributed by atoms with Crippen LogP contribution in [0, 0.1) is 0 Å². The largest absolute Gasteiger partial charge is 0.341 e. The van der Waals surface area contributed by atoms with E-state index >= 15 is 0 Å². The summed E-state index contributed by atoms with van der Waals surface area (Å²) in [5.74, 6) is 0.00118. The van der Waals surface area contributed by atoms with Crippen molar-refractivity contribution < 1.29 is 4.79 Å². The minimum Gasteiger partial charge on any atom is -0.341 e. The molecule has 1 aromatic heterocycles. The number of imidazole rings is 1. The molecule has 2 aliphatic heterocycles. The van der Waals surface area contributed by atoms with E-state index in [1.807, 2.05) is 11.0 Å². The first-order chi connectivity index (χ1) is 13.9. The van der Waals surface area contributed by atoms with Gasteiger partial charge in [-0.05, 0) is 62.9 Å². The van der Waals surface area contributed by atoms with E-state index in [1.165, 1.54) is 36.9 Å². The van der Waals surface area contributed by atoms with Crippen molar-refractivity contribution in [2.75, 3.05) is 26.2 Å². The number of fused-ring (bicyclic) bond motifs is 1. The van der Waals surface area contributed by atoms with E-state index in [1.54, 1.807) is 13.1 Å². The number of hydrogen-bond acceptors (Lipinski definition) is 4. The summed E-state index contributed by atoms with van der Waals surface area (Å²) >= 11 is 6.32. The third-order valence-corrected chi connectivity index (χ3v) is 6.78. The van der Waals surface area contributed by atoms with Gasteiger partial charge in [0.05, 0.1) is 22.1 Å². The maximum absolute atomic E-state index is 12.9. The molecule has 0 aliphatic carbocycles. The van der Waals surface area contributed by atoms with Crippen LogP contribution in [0.2, 0.25) is 5.02 Å². The first-order valence-corrected chi connectivity index (χ1v) is 11.0. The van der Waals surface area contributed by atoms with Crippen LogP contribution in [0.15, 0.2) is 16.9 Å². The smallest absolute Gasteiger partial charge is 0.326 e. The number of nitrogens with one attached hydrogen (secondary N) is 1. The normalized spacial score (nSPS) is 20.3. The fourth-order valence-corrected chi connectivity index (χ4v) is 5.05. The Morgan fingerprint density at radius 1 is 1.21 bits per heavy atom. The second-order valence-corrected chi connectivity index (χ2v) is 8.83. The second-order valence-electron chi connectivity index (χ2n) is 8.42. The number of aromatic amines is 1. The number of hydrogen-bond donors (Lipinski definition) is 2. The van der Waals surface area contributed by atoms with Crippen molar-refractivity contribution in [3.8, 4) is 0 Å². The van der Waals surface area contributed by atoms with Crippen LogP contribution < -0.4 is 11.4 Å². The van der Waals surface area contributed by atoms with Gasteiger partial charge in [0.2, 0.25) is 5.91 Å². The Morgan fingerprint density at radius 2 is 1.90 bits per heavy atom. The number of rotatable bonds is 4. The van der Waals surface area contributed by atoms with Crippen molar-refractivity contribution in [2.24, 2.45) is 12.8 Å². The molecule has 1 atom stereocenters. The van der Waals surface area contributed by atoms with Gasteiger partial charge in [-0.15, -0.1) is 0 Å². The molecule has 2 fully saturated rings. The van der Waals surface area contributed by atoms with Crippen molar-refractivity contribution in [2.45, 2.75) is 50.6 Å². The van der Waals surface area contributed by atoms with Gasteiger partial charge in [0.25, 0.3) is 0 Å². The first-order valence-electron chi connectivity index (χ1n) is 10.6. The van der Waals surface area contributed by atoms with E-state index in [4.69, 9.17) is 17.3 Å². The number of likely N-dealkylation sites (tertiary alicyclic amines) is 2. The Bertz CT molecular complexity index is 938. The molecule has 0 saturated carbocycles. The number of amides is 1. The fourth-order valence-electron chi connectivity index (χ4n) is 4.76. The predicted octanol–water partition coefficient (Wildman–Crippen LogP) is 1.87. The zero-order valence-electron chi connectivity index (χ0n) is 17.0. The van der Waals surface area contributed by atoms with Crippen LogP contribution in [-0.4, -0.2) is 63.5 Å². The Kier molecular flexibility index (Phi) is 5.99. The van der Waals surface area contributed by atoms with Gasteiger partial charge in [-0.1, -0.05) is 18.0 Å². The molecule has 7 nitrogen and oxygen atoms in total. The van der Waals surface area contributed by atoms with Crippen LogP contribution in [0.5, 0.6) is 0 Å². The summed E-state index contributed by atoms with van der Waals surface area (Å²) in [6, 6.07) is 3.67. The zero-order valence-corrected chi connectivity index (χ0v) is 17.7. The lowest BCUT2D eigenvalue weighted by atomic mass is 9.98. The van der Waals surface area contributed by atoms with Gasteiger partial charge in [-0.3, -0.25) is 9.36 Å². The summed E-state index contributed by atoms with van der Waals surface area (Å²) in [4.78, 5) is 32.0. The average molecular weight is 420 g/mol. The van der Waals surface area contributed by atoms with Gasteiger partial charge in [0.1, 0.15) is 0 Å². The fraction of sp³-hybridized carbons (Fsp3) is 0.619. The van der Waals surface area contributed by atoms with Gasteiger partial charge in [0.15, 0.2) is 0 Å². The molecule has 3 heterocycles. The number of carbonyl (C=O) groups is 1. The maximum Gasteiger partial charge on any atom is 0.326 e. The summed E-state index contributed by atoms with van der Waals surface area (Å²) in [6.07, 6.45) is 6.39. The highest BCUT2D eigenvalue weighted by Gasteiger charge is 2.29. The number of halogens is 1. The third-order valence-electron chi connectivity index (χ3n) is 6.48. The molecule has 3 N–H and O–H groups in total. The zero-order chi connectivity index (χ0) is 20.5. The highest BCUT2D eigenvalue weighted by atomic mass is 35.5. The number of piperidine rings is 2. The number of nitrogens with zero attached hydrogens (tertiary/aromatic N) is 3. The third kappa shape index (κ3) is 4.22. The summed E-state index contributed by atoms with van der Waals surface area (Å²) < 4.78 is 1.52. The average Bonchev–Trinajstić information content (AvgIpc) is 3.03. The molecule has 2 aromatic rings. The van der Waals surface area contributed by atoms with Crippen LogP contribution in [0.3, 0.4) is 0 Å². The van der Waals surface area contributed by atoms with Crippen molar-refractivity contribution in [3.63, 3.8) is 0 Å². The standard InChI is InChI=1S/C21H30ClN5O2/c1-25-18-13-14(11-16(22)19(18)24-21(25)29)12-17(23)20(28)27-9-5-15(6-10-27)26-7-3-2-4-8-26/h11,13,15,17H,2-10,12,23H2,1H3,(H,24,29). The highest BCUT2D eigenvalue weighted by molar-refractivity contribution is 6.35. The second kappa shape index (κ2) is 8.50. The van der Waals surface area contributed by atoms with E-state index < -0.39 is 6.04 Å². The Labute approximate surface area is 175 Å². The lowest BCUT2D eigenvalue weighted by molar-refractivity contribution is -0.134. The Hall–Kier alpha value is -1.83. The quantitative estimate of drug-likeness (QED) is 0.791.